The average molecular weight is 345 g/mol. The highest BCUT2D eigenvalue weighted by atomic mass is 16.6. The van der Waals surface area contributed by atoms with E-state index in [1.54, 1.807) is 6.07 Å². The lowest BCUT2D eigenvalue weighted by Gasteiger charge is -2.27. The fourth-order valence-electron chi connectivity index (χ4n) is 2.40. The van der Waals surface area contributed by atoms with Gasteiger partial charge < -0.3 is 15.4 Å². The van der Waals surface area contributed by atoms with Gasteiger partial charge in [0.15, 0.2) is 0 Å². The fraction of sp³-hybridized carbons (Fsp3) is 0.526. The summed E-state index contributed by atoms with van der Waals surface area (Å²) in [5.74, 6) is 0.0717. The van der Waals surface area contributed by atoms with Crippen LogP contribution in [0.25, 0.3) is 5.57 Å². The number of aromatic nitrogens is 1. The smallest absolute Gasteiger partial charge is 0.324 e. The maximum atomic E-state index is 12.3. The molecule has 0 fully saturated rings. The van der Waals surface area contributed by atoms with Crippen molar-refractivity contribution in [2.45, 2.75) is 52.7 Å². The molecule has 1 amide bonds. The van der Waals surface area contributed by atoms with Crippen LogP contribution in [0, 0.1) is 5.92 Å². The van der Waals surface area contributed by atoms with Crippen molar-refractivity contribution >= 4 is 23.3 Å². The van der Waals surface area contributed by atoms with Gasteiger partial charge in [-0.1, -0.05) is 26.0 Å². The first-order valence-corrected chi connectivity index (χ1v) is 8.59. The van der Waals surface area contributed by atoms with Gasteiger partial charge in [0.1, 0.15) is 17.5 Å². The first-order chi connectivity index (χ1) is 11.7. The molecule has 0 spiro atoms. The summed E-state index contributed by atoms with van der Waals surface area (Å²) in [7, 11) is 0. The molecular formula is C19H27N3O3. The van der Waals surface area contributed by atoms with Crippen LogP contribution in [-0.2, 0) is 14.3 Å². The number of carbonyl (C=O) groups is 2. The number of hydrogen-bond acceptors (Lipinski definition) is 5. The topological polar surface area (TPSA) is 80.3 Å². The van der Waals surface area contributed by atoms with Crippen molar-refractivity contribution in [3.05, 3.63) is 30.0 Å². The Kier molecular flexibility index (Phi) is 5.95. The highest BCUT2D eigenvalue weighted by Crippen LogP contribution is 2.23. The molecule has 1 aromatic heterocycles. The normalized spacial score (nSPS) is 17.8. The molecular weight excluding hydrogens is 318 g/mol. The predicted octanol–water partition coefficient (Wildman–Crippen LogP) is 2.76. The van der Waals surface area contributed by atoms with E-state index in [0.717, 1.165) is 11.3 Å². The van der Waals surface area contributed by atoms with Gasteiger partial charge in [-0.15, -0.1) is 0 Å². The van der Waals surface area contributed by atoms with Crippen molar-refractivity contribution < 1.29 is 14.3 Å². The molecule has 136 valence electrons. The highest BCUT2D eigenvalue weighted by Gasteiger charge is 2.28. The summed E-state index contributed by atoms with van der Waals surface area (Å²) in [6.45, 7) is 9.80. The molecule has 0 saturated heterocycles. The van der Waals surface area contributed by atoms with Crippen LogP contribution in [-0.4, -0.2) is 35.0 Å². The van der Waals surface area contributed by atoms with Gasteiger partial charge in [0.2, 0.25) is 5.91 Å². The van der Waals surface area contributed by atoms with Gasteiger partial charge in [-0.05, 0) is 38.5 Å². The van der Waals surface area contributed by atoms with E-state index in [0.29, 0.717) is 18.8 Å². The van der Waals surface area contributed by atoms with Gasteiger partial charge in [0.05, 0.1) is 5.69 Å². The summed E-state index contributed by atoms with van der Waals surface area (Å²) in [6.07, 6.45) is 2.51. The van der Waals surface area contributed by atoms with Crippen LogP contribution in [0.15, 0.2) is 24.3 Å². The molecule has 0 bridgehead atoms. The van der Waals surface area contributed by atoms with Gasteiger partial charge in [-0.2, -0.15) is 0 Å². The molecule has 0 saturated carbocycles. The molecule has 6 heteroatoms. The third-order valence-corrected chi connectivity index (χ3v) is 3.68. The number of rotatable bonds is 4. The maximum Gasteiger partial charge on any atom is 0.324 e. The van der Waals surface area contributed by atoms with Crippen molar-refractivity contribution in [3.63, 3.8) is 0 Å². The third kappa shape index (κ3) is 5.67. The van der Waals surface area contributed by atoms with Gasteiger partial charge in [0.25, 0.3) is 0 Å². The molecule has 0 aliphatic carbocycles. The van der Waals surface area contributed by atoms with Gasteiger partial charge in [-0.3, -0.25) is 9.59 Å². The zero-order chi connectivity index (χ0) is 18.6. The van der Waals surface area contributed by atoms with E-state index >= 15 is 0 Å². The fourth-order valence-corrected chi connectivity index (χ4v) is 2.40. The molecule has 2 N–H and O–H groups in total. The van der Waals surface area contributed by atoms with Crippen molar-refractivity contribution in [1.82, 2.24) is 10.3 Å². The Labute approximate surface area is 149 Å². The number of pyridine rings is 1. The number of amides is 1. The molecule has 1 aromatic rings. The lowest BCUT2D eigenvalue weighted by molar-refractivity contribution is -0.157. The molecule has 1 aliphatic rings. The van der Waals surface area contributed by atoms with Crippen LogP contribution in [0.1, 0.15) is 46.7 Å². The van der Waals surface area contributed by atoms with Crippen LogP contribution in [0.5, 0.6) is 0 Å². The number of esters is 1. The summed E-state index contributed by atoms with van der Waals surface area (Å²) in [5.41, 5.74) is 1.21. The minimum Gasteiger partial charge on any atom is -0.459 e. The van der Waals surface area contributed by atoms with E-state index in [-0.39, 0.29) is 17.8 Å². The lowest BCUT2D eigenvalue weighted by atomic mass is 9.98. The molecule has 0 radical (unpaired) electrons. The number of nitrogens with zero attached hydrogens (tertiary/aromatic N) is 1. The van der Waals surface area contributed by atoms with Crippen LogP contribution in [0.3, 0.4) is 0 Å². The third-order valence-electron chi connectivity index (χ3n) is 3.68. The van der Waals surface area contributed by atoms with E-state index in [9.17, 15) is 9.59 Å². The second-order valence-electron chi connectivity index (χ2n) is 7.48. The Balaban J connectivity index is 2.10. The summed E-state index contributed by atoms with van der Waals surface area (Å²) in [4.78, 5) is 28.6. The molecule has 1 atom stereocenters. The monoisotopic (exact) mass is 345 g/mol. The number of carbonyl (C=O) groups excluding carboxylic acids is 2. The van der Waals surface area contributed by atoms with Crippen LogP contribution < -0.4 is 10.6 Å². The Morgan fingerprint density at radius 1 is 1.32 bits per heavy atom. The molecule has 0 aromatic carbocycles. The zero-order valence-electron chi connectivity index (χ0n) is 15.6. The average Bonchev–Trinajstić information content (AvgIpc) is 2.53. The number of ether oxygens (including phenoxy) is 1. The van der Waals surface area contributed by atoms with Crippen molar-refractivity contribution in [1.29, 1.82) is 0 Å². The lowest BCUT2D eigenvalue weighted by Crippen LogP contribution is -2.43. The van der Waals surface area contributed by atoms with Gasteiger partial charge in [-0.25, -0.2) is 4.98 Å². The quantitative estimate of drug-likeness (QED) is 0.820. The Morgan fingerprint density at radius 2 is 2.04 bits per heavy atom. The second-order valence-corrected chi connectivity index (χ2v) is 7.48. The number of hydrogen-bond donors (Lipinski definition) is 2. The molecule has 2 heterocycles. The minimum atomic E-state index is -0.515. The first kappa shape index (κ1) is 19.1. The van der Waals surface area contributed by atoms with Crippen LogP contribution >= 0.6 is 0 Å². The predicted molar refractivity (Wildman–Crippen MR) is 97.9 cm³/mol. The van der Waals surface area contributed by atoms with Crippen LogP contribution in [0.2, 0.25) is 0 Å². The van der Waals surface area contributed by atoms with E-state index in [1.807, 2.05) is 52.8 Å². The standard InChI is InChI=1S/C19H27N3O3/c1-12(2)17(23)22-16-8-6-7-14(21-16)13-9-10-20-15(11-13)18(24)25-19(3,4)5/h6-9,12,15,20H,10-11H2,1-5H3,(H,21,22,23). The Morgan fingerprint density at radius 3 is 2.68 bits per heavy atom. The molecule has 2 rings (SSSR count). The number of anilines is 1. The van der Waals surface area contributed by atoms with Crippen molar-refractivity contribution in [2.75, 3.05) is 11.9 Å². The van der Waals surface area contributed by atoms with Crippen molar-refractivity contribution in [2.24, 2.45) is 5.92 Å². The summed E-state index contributed by atoms with van der Waals surface area (Å²) in [6, 6.07) is 5.10. The SMILES string of the molecule is CC(C)C(=O)Nc1cccc(C2=CCNC(C(=O)OC(C)(C)C)C2)n1. The second kappa shape index (κ2) is 7.78. The minimum absolute atomic E-state index is 0.0735. The van der Waals surface area contributed by atoms with Gasteiger partial charge in [0, 0.05) is 18.9 Å². The van der Waals surface area contributed by atoms with Gasteiger partial charge >= 0.3 is 5.97 Å². The zero-order valence-corrected chi connectivity index (χ0v) is 15.6. The Hall–Kier alpha value is -2.21. The van der Waals surface area contributed by atoms with E-state index in [2.05, 4.69) is 15.6 Å². The highest BCUT2D eigenvalue weighted by molar-refractivity contribution is 5.91. The van der Waals surface area contributed by atoms with E-state index in [1.165, 1.54) is 0 Å². The van der Waals surface area contributed by atoms with Crippen molar-refractivity contribution in [3.8, 4) is 0 Å². The summed E-state index contributed by atoms with van der Waals surface area (Å²) < 4.78 is 5.46. The first-order valence-electron chi connectivity index (χ1n) is 8.59. The Bertz CT molecular complexity index is 675. The molecule has 1 unspecified atom stereocenters. The number of nitrogens with one attached hydrogen (secondary N) is 2. The maximum absolute atomic E-state index is 12.3. The molecule has 25 heavy (non-hydrogen) atoms. The van der Waals surface area contributed by atoms with E-state index < -0.39 is 11.6 Å². The molecule has 1 aliphatic heterocycles. The largest absolute Gasteiger partial charge is 0.459 e. The van der Waals surface area contributed by atoms with E-state index in [4.69, 9.17) is 4.74 Å². The van der Waals surface area contributed by atoms with Crippen LogP contribution in [0.4, 0.5) is 5.82 Å². The summed E-state index contributed by atoms with van der Waals surface area (Å²) >= 11 is 0. The summed E-state index contributed by atoms with van der Waals surface area (Å²) in [5, 5.41) is 5.96. The molecule has 6 nitrogen and oxygen atoms in total.